The Morgan fingerprint density at radius 1 is 0.895 bits per heavy atom. The second-order valence-corrected chi connectivity index (χ2v) is 11.3. The van der Waals surface area contributed by atoms with Crippen LogP contribution in [0.2, 0.25) is 0 Å². The van der Waals surface area contributed by atoms with Gasteiger partial charge >= 0.3 is 23.9 Å². The molecule has 12 heteroatoms. The number of aliphatic carboxylic acids is 3. The maximum atomic E-state index is 11.1. The highest BCUT2D eigenvalue weighted by atomic mass is 32.2. The molecule has 2 rings (SSSR count). The van der Waals surface area contributed by atoms with Gasteiger partial charge < -0.3 is 26.0 Å². The summed E-state index contributed by atoms with van der Waals surface area (Å²) in [4.78, 5) is 42.8. The molecule has 2 saturated heterocycles. The SMILES string of the molecule is CCCCCCCCCCCCNNC(CC(=O)O)C(=O)O.O=C(O)CCCC[C@@H]1SC[C@@H]2NC(=O)N[C@@H]21. The number of rotatable bonds is 21. The van der Waals surface area contributed by atoms with E-state index in [0.717, 1.165) is 37.9 Å². The van der Waals surface area contributed by atoms with E-state index < -0.39 is 30.4 Å². The van der Waals surface area contributed by atoms with E-state index in [2.05, 4.69) is 28.4 Å². The van der Waals surface area contributed by atoms with Crippen LogP contribution >= 0.6 is 11.8 Å². The van der Waals surface area contributed by atoms with Crippen LogP contribution in [0, 0.1) is 0 Å². The number of fused-ring (bicyclic) bond motifs is 1. The van der Waals surface area contributed by atoms with Gasteiger partial charge in [0.15, 0.2) is 0 Å². The molecule has 0 aromatic rings. The average molecular weight is 561 g/mol. The zero-order valence-electron chi connectivity index (χ0n) is 22.7. The standard InChI is InChI=1S/C16H32N2O4.C10H16N2O3S/c1-2-3-4-5-6-7-8-9-10-11-12-17-18-14(16(21)22)13-15(19)20;13-8(14)4-2-1-3-7-9-6(5-16-7)11-10(15)12-9/h14,17-18H,2-13H2,1H3,(H,19,20)(H,21,22);6-7,9H,1-5H2,(H,13,14)(H2,11,12,15)/t;6-,7-,9-/m.0/s1. The Morgan fingerprint density at radius 2 is 1.53 bits per heavy atom. The van der Waals surface area contributed by atoms with Gasteiger partial charge in [0, 0.05) is 24.0 Å². The lowest BCUT2D eigenvalue weighted by Gasteiger charge is -2.16. The van der Waals surface area contributed by atoms with Crippen LogP contribution in [-0.2, 0) is 14.4 Å². The van der Waals surface area contributed by atoms with Crippen molar-refractivity contribution in [3.8, 4) is 0 Å². The van der Waals surface area contributed by atoms with Crippen LogP contribution in [0.15, 0.2) is 0 Å². The molecule has 11 nitrogen and oxygen atoms in total. The topological polar surface area (TPSA) is 177 Å². The van der Waals surface area contributed by atoms with E-state index in [1.165, 1.54) is 51.4 Å². The molecule has 0 radical (unpaired) electrons. The van der Waals surface area contributed by atoms with Crippen molar-refractivity contribution in [2.45, 2.75) is 127 Å². The Morgan fingerprint density at radius 3 is 2.11 bits per heavy atom. The molecule has 2 aliphatic heterocycles. The minimum Gasteiger partial charge on any atom is -0.481 e. The molecular formula is C26H48N4O7S. The minimum absolute atomic E-state index is 0.0640. The molecular weight excluding hydrogens is 512 g/mol. The molecule has 2 aliphatic rings. The van der Waals surface area contributed by atoms with Crippen molar-refractivity contribution >= 4 is 35.7 Å². The number of thioether (sulfide) groups is 1. The zero-order chi connectivity index (χ0) is 28.2. The first-order chi connectivity index (χ1) is 18.2. The number of carboxylic acid groups (broad SMARTS) is 3. The molecule has 0 saturated carbocycles. The molecule has 4 atom stereocenters. The van der Waals surface area contributed by atoms with Gasteiger partial charge in [0.2, 0.25) is 0 Å². The summed E-state index contributed by atoms with van der Waals surface area (Å²) in [7, 11) is 0. The fraction of sp³-hybridized carbons (Fsp3) is 0.846. The van der Waals surface area contributed by atoms with Gasteiger partial charge in [0.25, 0.3) is 0 Å². The number of carbonyl (C=O) groups is 4. The number of nitrogens with one attached hydrogen (secondary N) is 4. The lowest BCUT2D eigenvalue weighted by atomic mass is 10.0. The van der Waals surface area contributed by atoms with Gasteiger partial charge in [-0.1, -0.05) is 71.1 Å². The largest absolute Gasteiger partial charge is 0.481 e. The van der Waals surface area contributed by atoms with E-state index in [4.69, 9.17) is 15.3 Å². The number of hydrogen-bond acceptors (Lipinski definition) is 7. The van der Waals surface area contributed by atoms with Crippen molar-refractivity contribution in [2.24, 2.45) is 0 Å². The van der Waals surface area contributed by atoms with E-state index in [1.54, 1.807) is 0 Å². The molecule has 2 amide bonds. The fourth-order valence-electron chi connectivity index (χ4n) is 4.54. The van der Waals surface area contributed by atoms with E-state index in [1.807, 2.05) is 11.8 Å². The Bertz CT molecular complexity index is 713. The van der Waals surface area contributed by atoms with Gasteiger partial charge in [-0.05, 0) is 19.3 Å². The summed E-state index contributed by atoms with van der Waals surface area (Å²) in [5.74, 6) is -2.04. The number of urea groups is 1. The van der Waals surface area contributed by atoms with Gasteiger partial charge in [-0.3, -0.25) is 19.8 Å². The smallest absolute Gasteiger partial charge is 0.322 e. The Labute approximate surface area is 230 Å². The van der Waals surface area contributed by atoms with Crippen molar-refractivity contribution in [3.63, 3.8) is 0 Å². The first-order valence-corrected chi connectivity index (χ1v) is 15.1. The van der Waals surface area contributed by atoms with Crippen molar-refractivity contribution in [1.82, 2.24) is 21.5 Å². The summed E-state index contributed by atoms with van der Waals surface area (Å²) in [6, 6.07) is -0.643. The van der Waals surface area contributed by atoms with Gasteiger partial charge in [0.1, 0.15) is 6.04 Å². The maximum absolute atomic E-state index is 11.1. The van der Waals surface area contributed by atoms with Crippen LogP contribution in [0.1, 0.15) is 103 Å². The molecule has 0 aromatic heterocycles. The van der Waals surface area contributed by atoms with Crippen LogP contribution in [0.3, 0.4) is 0 Å². The summed E-state index contributed by atoms with van der Waals surface area (Å²) in [6.45, 7) is 2.88. The normalized spacial score (nSPS) is 20.6. The van der Waals surface area contributed by atoms with E-state index in [0.29, 0.717) is 11.8 Å². The second-order valence-electron chi connectivity index (χ2n) is 10.0. The Hall–Kier alpha value is -2.05. The molecule has 2 fully saturated rings. The third kappa shape index (κ3) is 16.0. The second kappa shape index (κ2) is 20.9. The zero-order valence-corrected chi connectivity index (χ0v) is 23.5. The Balaban J connectivity index is 0.000000396. The fourth-order valence-corrected chi connectivity index (χ4v) is 6.08. The highest BCUT2D eigenvalue weighted by molar-refractivity contribution is 8.00. The summed E-state index contributed by atoms with van der Waals surface area (Å²) >= 11 is 1.87. The van der Waals surface area contributed by atoms with Crippen molar-refractivity contribution in [3.05, 3.63) is 0 Å². The molecule has 7 N–H and O–H groups in total. The van der Waals surface area contributed by atoms with Crippen molar-refractivity contribution in [2.75, 3.05) is 12.3 Å². The van der Waals surface area contributed by atoms with Crippen LogP contribution < -0.4 is 21.5 Å². The highest BCUT2D eigenvalue weighted by Gasteiger charge is 2.42. The first-order valence-electron chi connectivity index (χ1n) is 14.1. The first kappa shape index (κ1) is 34.0. The number of unbranched alkanes of at least 4 members (excludes halogenated alkanes) is 10. The molecule has 2 heterocycles. The van der Waals surface area contributed by atoms with Gasteiger partial charge in [-0.2, -0.15) is 11.8 Å². The molecule has 38 heavy (non-hydrogen) atoms. The van der Waals surface area contributed by atoms with Gasteiger partial charge in [-0.15, -0.1) is 0 Å². The average Bonchev–Trinajstić information content (AvgIpc) is 3.41. The minimum atomic E-state index is -1.15. The van der Waals surface area contributed by atoms with Crippen molar-refractivity contribution in [1.29, 1.82) is 0 Å². The summed E-state index contributed by atoms with van der Waals surface area (Å²) < 4.78 is 0. The predicted octanol–water partition coefficient (Wildman–Crippen LogP) is 3.73. The monoisotopic (exact) mass is 560 g/mol. The number of carbonyl (C=O) groups excluding carboxylic acids is 1. The summed E-state index contributed by atoms with van der Waals surface area (Å²) in [5.41, 5.74) is 5.35. The lowest BCUT2D eigenvalue weighted by molar-refractivity contribution is -0.146. The van der Waals surface area contributed by atoms with Crippen LogP contribution in [0.5, 0.6) is 0 Å². The number of hydrazine groups is 1. The van der Waals surface area contributed by atoms with Crippen molar-refractivity contribution < 1.29 is 34.5 Å². The molecule has 0 aromatic carbocycles. The number of amides is 2. The molecule has 0 bridgehead atoms. The van der Waals surface area contributed by atoms with E-state index >= 15 is 0 Å². The Kier molecular flexibility index (Phi) is 18.6. The molecule has 1 unspecified atom stereocenters. The molecule has 0 spiro atoms. The summed E-state index contributed by atoms with van der Waals surface area (Å²) in [6.07, 6.45) is 14.9. The third-order valence-corrected chi connectivity index (χ3v) is 8.18. The maximum Gasteiger partial charge on any atom is 0.322 e. The van der Waals surface area contributed by atoms with Gasteiger partial charge in [0.05, 0.1) is 18.5 Å². The number of carboxylic acids is 3. The van der Waals surface area contributed by atoms with Gasteiger partial charge in [-0.25, -0.2) is 10.2 Å². The molecule has 0 aliphatic carbocycles. The van der Waals surface area contributed by atoms with Crippen LogP contribution in [-0.4, -0.2) is 74.9 Å². The third-order valence-electron chi connectivity index (χ3n) is 6.68. The molecule has 220 valence electrons. The predicted molar refractivity (Wildman–Crippen MR) is 148 cm³/mol. The van der Waals surface area contributed by atoms with Crippen LogP contribution in [0.25, 0.3) is 0 Å². The quantitative estimate of drug-likeness (QED) is 0.0622. The lowest BCUT2D eigenvalue weighted by Crippen LogP contribution is -2.46. The highest BCUT2D eigenvalue weighted by Crippen LogP contribution is 2.33. The number of hydrogen-bond donors (Lipinski definition) is 7. The van der Waals surface area contributed by atoms with E-state index in [-0.39, 0.29) is 24.5 Å². The van der Waals surface area contributed by atoms with Crippen LogP contribution in [0.4, 0.5) is 4.79 Å². The van der Waals surface area contributed by atoms with E-state index in [9.17, 15) is 19.2 Å². The summed E-state index contributed by atoms with van der Waals surface area (Å²) in [5, 5.41) is 32.2.